The molecule has 0 amide bonds. The first-order chi connectivity index (χ1) is 11.2. The van der Waals surface area contributed by atoms with Crippen LogP contribution in [-0.2, 0) is 6.42 Å². The molecule has 0 radical (unpaired) electrons. The molecule has 2 aromatic carbocycles. The van der Waals surface area contributed by atoms with Crippen molar-refractivity contribution < 1.29 is 19.4 Å². The van der Waals surface area contributed by atoms with E-state index in [2.05, 4.69) is 4.98 Å². The van der Waals surface area contributed by atoms with Crippen LogP contribution >= 0.6 is 0 Å². The molecule has 0 aliphatic rings. The van der Waals surface area contributed by atoms with Gasteiger partial charge in [-0.1, -0.05) is 18.2 Å². The summed E-state index contributed by atoms with van der Waals surface area (Å²) in [6, 6.07) is 14.9. The van der Waals surface area contributed by atoms with Crippen LogP contribution in [0.25, 0.3) is 10.9 Å². The highest BCUT2D eigenvalue weighted by Crippen LogP contribution is 2.26. The van der Waals surface area contributed by atoms with E-state index in [1.807, 2.05) is 42.5 Å². The van der Waals surface area contributed by atoms with Crippen LogP contribution in [0.4, 0.5) is 0 Å². The van der Waals surface area contributed by atoms with E-state index in [0.29, 0.717) is 12.4 Å². The fraction of sp³-hybridized carbons (Fsp3) is 0.167. The Bertz CT molecular complexity index is 838. The molecule has 5 heteroatoms. The Kier molecular flexibility index (Phi) is 4.19. The van der Waals surface area contributed by atoms with Gasteiger partial charge >= 0.3 is 5.97 Å². The molecule has 0 aliphatic carbocycles. The minimum absolute atomic E-state index is 0.156. The fourth-order valence-corrected chi connectivity index (χ4v) is 2.48. The highest BCUT2D eigenvalue weighted by Gasteiger charge is 2.10. The maximum absolute atomic E-state index is 11.1. The minimum Gasteiger partial charge on any atom is -0.497 e. The monoisotopic (exact) mass is 311 g/mol. The van der Waals surface area contributed by atoms with Gasteiger partial charge in [-0.25, -0.2) is 4.79 Å². The third kappa shape index (κ3) is 3.29. The number of benzene rings is 2. The van der Waals surface area contributed by atoms with Gasteiger partial charge in [-0.05, 0) is 35.9 Å². The molecule has 23 heavy (non-hydrogen) atoms. The Morgan fingerprint density at radius 2 is 2.00 bits per heavy atom. The molecule has 0 saturated carbocycles. The summed E-state index contributed by atoms with van der Waals surface area (Å²) in [6.45, 7) is 0.500. The van der Waals surface area contributed by atoms with Crippen molar-refractivity contribution in [3.63, 3.8) is 0 Å². The molecule has 1 heterocycles. The number of ether oxygens (including phenoxy) is 2. The summed E-state index contributed by atoms with van der Waals surface area (Å²) in [5.74, 6) is 0.513. The molecule has 3 rings (SSSR count). The molecule has 118 valence electrons. The molecule has 0 bridgehead atoms. The number of aromatic amines is 1. The van der Waals surface area contributed by atoms with Gasteiger partial charge in [0.05, 0.1) is 13.7 Å². The maximum Gasteiger partial charge on any atom is 0.352 e. The van der Waals surface area contributed by atoms with Gasteiger partial charge < -0.3 is 19.6 Å². The average Bonchev–Trinajstić information content (AvgIpc) is 3.00. The van der Waals surface area contributed by atoms with E-state index in [1.165, 1.54) is 0 Å². The van der Waals surface area contributed by atoms with Crippen molar-refractivity contribution in [2.75, 3.05) is 13.7 Å². The van der Waals surface area contributed by atoms with E-state index < -0.39 is 5.97 Å². The summed E-state index contributed by atoms with van der Waals surface area (Å²) < 4.78 is 11.0. The van der Waals surface area contributed by atoms with Crippen molar-refractivity contribution in [1.82, 2.24) is 4.98 Å². The second-order valence-corrected chi connectivity index (χ2v) is 5.16. The van der Waals surface area contributed by atoms with Gasteiger partial charge in [-0.15, -0.1) is 0 Å². The number of methoxy groups -OCH3 is 1. The molecular formula is C18H17NO4. The van der Waals surface area contributed by atoms with Crippen molar-refractivity contribution in [1.29, 1.82) is 0 Å². The van der Waals surface area contributed by atoms with Crippen LogP contribution < -0.4 is 9.47 Å². The lowest BCUT2D eigenvalue weighted by Gasteiger charge is -2.08. The second kappa shape index (κ2) is 6.44. The minimum atomic E-state index is -0.983. The van der Waals surface area contributed by atoms with Crippen molar-refractivity contribution in [3.8, 4) is 11.5 Å². The van der Waals surface area contributed by atoms with Gasteiger partial charge in [-0.3, -0.25) is 0 Å². The number of nitrogens with one attached hydrogen (secondary N) is 1. The van der Waals surface area contributed by atoms with Crippen molar-refractivity contribution in [3.05, 3.63) is 59.8 Å². The lowest BCUT2D eigenvalue weighted by atomic mass is 10.1. The predicted molar refractivity (Wildman–Crippen MR) is 87.5 cm³/mol. The Labute approximate surface area is 133 Å². The number of aromatic carboxylic acids is 1. The van der Waals surface area contributed by atoms with Gasteiger partial charge in [0.1, 0.15) is 17.2 Å². The summed E-state index contributed by atoms with van der Waals surface area (Å²) >= 11 is 0. The maximum atomic E-state index is 11.1. The molecule has 2 N–H and O–H groups in total. The summed E-state index contributed by atoms with van der Waals surface area (Å²) in [5.41, 5.74) is 2.03. The third-order valence-electron chi connectivity index (χ3n) is 3.64. The first-order valence-corrected chi connectivity index (χ1v) is 7.28. The van der Waals surface area contributed by atoms with E-state index in [1.54, 1.807) is 13.2 Å². The molecule has 0 unspecified atom stereocenters. The SMILES string of the molecule is COc1cccc(CCOc2cccc3[nH]c(C(=O)O)cc23)c1. The standard InChI is InChI=1S/C18H17NO4/c1-22-13-5-2-4-12(10-13)8-9-23-17-7-3-6-15-14(17)11-16(19-15)18(20)21/h2-7,10-11,19H,8-9H2,1H3,(H,20,21). The first kappa shape index (κ1) is 15.0. The molecule has 1 aromatic heterocycles. The number of hydrogen-bond donors (Lipinski definition) is 2. The molecule has 0 fully saturated rings. The Morgan fingerprint density at radius 1 is 1.17 bits per heavy atom. The Morgan fingerprint density at radius 3 is 2.78 bits per heavy atom. The van der Waals surface area contributed by atoms with E-state index in [9.17, 15) is 4.79 Å². The van der Waals surface area contributed by atoms with Crippen LogP contribution in [-0.4, -0.2) is 29.8 Å². The number of rotatable bonds is 6. The molecule has 0 saturated heterocycles. The Balaban J connectivity index is 1.72. The molecular weight excluding hydrogens is 294 g/mol. The van der Waals surface area contributed by atoms with Crippen LogP contribution in [0.1, 0.15) is 16.1 Å². The Hall–Kier alpha value is -2.95. The zero-order valence-electron chi connectivity index (χ0n) is 12.7. The van der Waals surface area contributed by atoms with Crippen LogP contribution in [0, 0.1) is 0 Å². The van der Waals surface area contributed by atoms with Gasteiger partial charge in [0.2, 0.25) is 0 Å². The number of carbonyl (C=O) groups is 1. The highest BCUT2D eigenvalue weighted by atomic mass is 16.5. The summed E-state index contributed by atoms with van der Waals surface area (Å²) in [6.07, 6.45) is 0.740. The number of fused-ring (bicyclic) bond motifs is 1. The average molecular weight is 311 g/mol. The number of hydrogen-bond acceptors (Lipinski definition) is 3. The zero-order valence-corrected chi connectivity index (χ0v) is 12.7. The van der Waals surface area contributed by atoms with Crippen LogP contribution in [0.5, 0.6) is 11.5 Å². The van der Waals surface area contributed by atoms with Crippen molar-refractivity contribution in [2.24, 2.45) is 0 Å². The van der Waals surface area contributed by atoms with E-state index in [0.717, 1.165) is 28.6 Å². The molecule has 0 aliphatic heterocycles. The third-order valence-corrected chi connectivity index (χ3v) is 3.64. The summed E-state index contributed by atoms with van der Waals surface area (Å²) in [7, 11) is 1.64. The van der Waals surface area contributed by atoms with E-state index in [4.69, 9.17) is 14.6 Å². The molecule has 3 aromatic rings. The van der Waals surface area contributed by atoms with Crippen LogP contribution in [0.2, 0.25) is 0 Å². The van der Waals surface area contributed by atoms with Crippen molar-refractivity contribution in [2.45, 2.75) is 6.42 Å². The smallest absolute Gasteiger partial charge is 0.352 e. The lowest BCUT2D eigenvalue weighted by Crippen LogP contribution is -2.01. The molecule has 0 atom stereocenters. The van der Waals surface area contributed by atoms with E-state index in [-0.39, 0.29) is 5.69 Å². The van der Waals surface area contributed by atoms with Crippen LogP contribution in [0.15, 0.2) is 48.5 Å². The van der Waals surface area contributed by atoms with Crippen molar-refractivity contribution >= 4 is 16.9 Å². The molecule has 0 spiro atoms. The van der Waals surface area contributed by atoms with Gasteiger partial charge in [0.25, 0.3) is 0 Å². The normalized spacial score (nSPS) is 10.7. The topological polar surface area (TPSA) is 71.5 Å². The summed E-state index contributed by atoms with van der Waals surface area (Å²) in [5, 5.41) is 9.84. The van der Waals surface area contributed by atoms with Gasteiger partial charge in [0.15, 0.2) is 0 Å². The first-order valence-electron chi connectivity index (χ1n) is 7.28. The highest BCUT2D eigenvalue weighted by molar-refractivity contribution is 5.96. The predicted octanol–water partition coefficient (Wildman–Crippen LogP) is 3.50. The number of H-pyrrole nitrogens is 1. The van der Waals surface area contributed by atoms with E-state index >= 15 is 0 Å². The second-order valence-electron chi connectivity index (χ2n) is 5.16. The largest absolute Gasteiger partial charge is 0.497 e. The quantitative estimate of drug-likeness (QED) is 0.731. The number of aromatic nitrogens is 1. The fourth-order valence-electron chi connectivity index (χ4n) is 2.48. The van der Waals surface area contributed by atoms with Crippen LogP contribution in [0.3, 0.4) is 0 Å². The van der Waals surface area contributed by atoms with Gasteiger partial charge in [0, 0.05) is 17.3 Å². The number of carboxylic acids is 1. The van der Waals surface area contributed by atoms with Gasteiger partial charge in [-0.2, -0.15) is 0 Å². The summed E-state index contributed by atoms with van der Waals surface area (Å²) in [4.78, 5) is 13.9. The zero-order chi connectivity index (χ0) is 16.2. The number of carboxylic acid groups (broad SMARTS) is 1. The lowest BCUT2D eigenvalue weighted by molar-refractivity contribution is 0.0691. The molecule has 5 nitrogen and oxygen atoms in total.